The summed E-state index contributed by atoms with van der Waals surface area (Å²) >= 11 is 0. The summed E-state index contributed by atoms with van der Waals surface area (Å²) in [6.45, 7) is 7.37. The molecule has 2 heterocycles. The zero-order valence-corrected chi connectivity index (χ0v) is 10.1. The van der Waals surface area contributed by atoms with E-state index in [0.717, 1.165) is 0 Å². The minimum absolute atomic E-state index is 0.122. The summed E-state index contributed by atoms with van der Waals surface area (Å²) in [6, 6.07) is 5.50. The van der Waals surface area contributed by atoms with Gasteiger partial charge in [-0.1, -0.05) is 18.2 Å². The van der Waals surface area contributed by atoms with E-state index in [0.29, 0.717) is 24.4 Å². The summed E-state index contributed by atoms with van der Waals surface area (Å²) in [6.07, 6.45) is 6.05. The highest BCUT2D eigenvalue weighted by Gasteiger charge is 2.41. The van der Waals surface area contributed by atoms with Gasteiger partial charge in [-0.3, -0.25) is 9.78 Å². The zero-order chi connectivity index (χ0) is 13.0. The number of nitrogens with one attached hydrogen (secondary N) is 1. The van der Waals surface area contributed by atoms with Crippen molar-refractivity contribution in [3.63, 3.8) is 0 Å². The Hall–Kier alpha value is -2.23. The lowest BCUT2D eigenvalue weighted by Gasteiger charge is -2.19. The highest BCUT2D eigenvalue weighted by molar-refractivity contribution is 6.14. The van der Waals surface area contributed by atoms with E-state index >= 15 is 0 Å². The van der Waals surface area contributed by atoms with Crippen LogP contribution in [-0.4, -0.2) is 22.3 Å². The Balaban J connectivity index is 2.38. The van der Waals surface area contributed by atoms with E-state index in [1.165, 1.54) is 0 Å². The Labute approximate surface area is 106 Å². The largest absolute Gasteiger partial charge is 0.307 e. The minimum atomic E-state index is -0.809. The molecule has 0 saturated carbocycles. The molecule has 0 aliphatic carbocycles. The van der Waals surface area contributed by atoms with Crippen LogP contribution < -0.4 is 5.32 Å². The Morgan fingerprint density at radius 1 is 1.28 bits per heavy atom. The van der Waals surface area contributed by atoms with Crippen molar-refractivity contribution in [3.05, 3.63) is 55.4 Å². The van der Waals surface area contributed by atoms with Crippen LogP contribution in [0.15, 0.2) is 54.7 Å². The number of carbonyl (C=O) groups is 1. The summed E-state index contributed by atoms with van der Waals surface area (Å²) in [7, 11) is 0. The normalized spacial score (nSPS) is 16.9. The number of aliphatic imine (C=N–C) groups is 1. The van der Waals surface area contributed by atoms with E-state index in [2.05, 4.69) is 28.5 Å². The smallest absolute Gasteiger partial charge is 0.254 e. The molecule has 1 aromatic heterocycles. The molecule has 1 aliphatic rings. The number of nitrogens with zero attached hydrogens (tertiary/aromatic N) is 2. The fourth-order valence-corrected chi connectivity index (χ4v) is 1.98. The molecule has 1 aromatic rings. The summed E-state index contributed by atoms with van der Waals surface area (Å²) in [5, 5.41) is 2.78. The second-order valence-electron chi connectivity index (χ2n) is 4.15. The second kappa shape index (κ2) is 4.96. The van der Waals surface area contributed by atoms with Crippen LogP contribution in [0.1, 0.15) is 18.5 Å². The average molecular weight is 241 g/mol. The van der Waals surface area contributed by atoms with Gasteiger partial charge in [0.2, 0.25) is 0 Å². The van der Waals surface area contributed by atoms with Crippen molar-refractivity contribution < 1.29 is 4.79 Å². The molecule has 1 aliphatic heterocycles. The summed E-state index contributed by atoms with van der Waals surface area (Å²) < 4.78 is 0. The highest BCUT2D eigenvalue weighted by atomic mass is 16.2. The van der Waals surface area contributed by atoms with Crippen molar-refractivity contribution in [2.75, 3.05) is 0 Å². The van der Waals surface area contributed by atoms with Gasteiger partial charge in [-0.05, 0) is 25.0 Å². The average Bonchev–Trinajstić information content (AvgIpc) is 2.69. The van der Waals surface area contributed by atoms with Crippen LogP contribution in [-0.2, 0) is 4.79 Å². The summed E-state index contributed by atoms with van der Waals surface area (Å²) in [5.74, 6) is 0.396. The van der Waals surface area contributed by atoms with Crippen LogP contribution in [0.4, 0.5) is 0 Å². The first-order valence-corrected chi connectivity index (χ1v) is 5.76. The molecule has 1 N–H and O–H groups in total. The molecule has 0 atom stereocenters. The van der Waals surface area contributed by atoms with Crippen LogP contribution in [0.5, 0.6) is 0 Å². The third kappa shape index (κ3) is 2.09. The topological polar surface area (TPSA) is 54.4 Å². The van der Waals surface area contributed by atoms with Crippen molar-refractivity contribution in [3.8, 4) is 0 Å². The number of hydrogen-bond donors (Lipinski definition) is 1. The van der Waals surface area contributed by atoms with Gasteiger partial charge < -0.3 is 5.32 Å². The number of hydrogen-bond acceptors (Lipinski definition) is 3. The van der Waals surface area contributed by atoms with Gasteiger partial charge in [0.05, 0.1) is 0 Å². The molecular weight excluding hydrogens is 226 g/mol. The van der Waals surface area contributed by atoms with Crippen molar-refractivity contribution in [2.24, 2.45) is 4.99 Å². The van der Waals surface area contributed by atoms with Gasteiger partial charge in [0.15, 0.2) is 5.84 Å². The fourth-order valence-electron chi connectivity index (χ4n) is 1.98. The fraction of sp³-hybridized carbons (Fsp3) is 0.214. The minimum Gasteiger partial charge on any atom is -0.307 e. The molecular formula is C14H15N3O. The zero-order valence-electron chi connectivity index (χ0n) is 10.1. The number of carbonyl (C=O) groups excluding carboxylic acids is 1. The molecule has 0 fully saturated rings. The van der Waals surface area contributed by atoms with Gasteiger partial charge in [-0.15, -0.1) is 13.2 Å². The molecule has 0 radical (unpaired) electrons. The molecule has 0 bridgehead atoms. The van der Waals surface area contributed by atoms with Crippen LogP contribution in [0, 0.1) is 0 Å². The van der Waals surface area contributed by atoms with Crippen molar-refractivity contribution >= 4 is 11.7 Å². The predicted octanol–water partition coefficient (Wildman–Crippen LogP) is 1.85. The maximum atomic E-state index is 12.1. The van der Waals surface area contributed by atoms with Gasteiger partial charge in [0.1, 0.15) is 11.2 Å². The Bertz CT molecular complexity index is 495. The van der Waals surface area contributed by atoms with E-state index in [4.69, 9.17) is 0 Å². The molecule has 0 unspecified atom stereocenters. The van der Waals surface area contributed by atoms with E-state index in [1.807, 2.05) is 18.2 Å². The quantitative estimate of drug-likeness (QED) is 0.800. The number of amidine groups is 1. The summed E-state index contributed by atoms with van der Waals surface area (Å²) in [5.41, 5.74) is -0.142. The lowest BCUT2D eigenvalue weighted by molar-refractivity contribution is -0.123. The van der Waals surface area contributed by atoms with Gasteiger partial charge in [-0.25, -0.2) is 4.99 Å². The molecule has 92 valence electrons. The third-order valence-electron chi connectivity index (χ3n) is 2.85. The number of rotatable bonds is 5. The van der Waals surface area contributed by atoms with Gasteiger partial charge >= 0.3 is 0 Å². The number of amides is 1. The van der Waals surface area contributed by atoms with Crippen LogP contribution in [0.25, 0.3) is 0 Å². The van der Waals surface area contributed by atoms with Crippen molar-refractivity contribution in [1.29, 1.82) is 0 Å². The first kappa shape index (κ1) is 12.2. The molecule has 1 amide bonds. The Morgan fingerprint density at radius 3 is 2.56 bits per heavy atom. The van der Waals surface area contributed by atoms with Crippen molar-refractivity contribution in [1.82, 2.24) is 10.3 Å². The SMILES string of the molecule is C=CCC1(CC=C)N=C(c2ccccn2)NC1=O. The van der Waals surface area contributed by atoms with Crippen LogP contribution >= 0.6 is 0 Å². The lowest BCUT2D eigenvalue weighted by atomic mass is 9.92. The molecule has 0 aromatic carbocycles. The maximum Gasteiger partial charge on any atom is 0.254 e. The van der Waals surface area contributed by atoms with Crippen molar-refractivity contribution in [2.45, 2.75) is 18.4 Å². The Morgan fingerprint density at radius 2 is 2.00 bits per heavy atom. The molecule has 18 heavy (non-hydrogen) atoms. The number of pyridine rings is 1. The maximum absolute atomic E-state index is 12.1. The second-order valence-corrected chi connectivity index (χ2v) is 4.15. The van der Waals surface area contributed by atoms with Gasteiger partial charge in [-0.2, -0.15) is 0 Å². The predicted molar refractivity (Wildman–Crippen MR) is 71.3 cm³/mol. The van der Waals surface area contributed by atoms with E-state index < -0.39 is 5.54 Å². The summed E-state index contributed by atoms with van der Waals surface area (Å²) in [4.78, 5) is 20.8. The Kier molecular flexibility index (Phi) is 3.37. The lowest BCUT2D eigenvalue weighted by Crippen LogP contribution is -2.39. The van der Waals surface area contributed by atoms with E-state index in [1.54, 1.807) is 18.3 Å². The molecule has 4 heteroatoms. The van der Waals surface area contributed by atoms with Crippen LogP contribution in [0.3, 0.4) is 0 Å². The standard InChI is InChI=1S/C14H15N3O/c1-3-8-14(9-4-2)13(18)16-12(17-14)11-7-5-6-10-15-11/h3-7,10H,1-2,8-9H2,(H,16,17,18). The van der Waals surface area contributed by atoms with Gasteiger partial charge in [0, 0.05) is 6.20 Å². The van der Waals surface area contributed by atoms with E-state index in [-0.39, 0.29) is 5.91 Å². The number of aromatic nitrogens is 1. The highest BCUT2D eigenvalue weighted by Crippen LogP contribution is 2.27. The molecule has 4 nitrogen and oxygen atoms in total. The third-order valence-corrected chi connectivity index (χ3v) is 2.85. The van der Waals surface area contributed by atoms with E-state index in [9.17, 15) is 4.79 Å². The van der Waals surface area contributed by atoms with Crippen LogP contribution in [0.2, 0.25) is 0 Å². The molecule has 2 rings (SSSR count). The molecule has 0 saturated heterocycles. The first-order chi connectivity index (χ1) is 8.72. The molecule has 0 spiro atoms. The first-order valence-electron chi connectivity index (χ1n) is 5.76. The monoisotopic (exact) mass is 241 g/mol. The van der Waals surface area contributed by atoms with Gasteiger partial charge in [0.25, 0.3) is 5.91 Å².